The average Bonchev–Trinajstić information content (AvgIpc) is 2.67. The Labute approximate surface area is 193 Å². The van der Waals surface area contributed by atoms with Gasteiger partial charge in [0.25, 0.3) is 11.6 Å². The summed E-state index contributed by atoms with van der Waals surface area (Å²) in [5.74, 6) is -4.30. The van der Waals surface area contributed by atoms with Crippen LogP contribution in [0.3, 0.4) is 0 Å². The number of nitrogens with zero attached hydrogens (tertiary/aromatic N) is 2. The van der Waals surface area contributed by atoms with Crippen LogP contribution in [-0.2, 0) is 21.0 Å². The van der Waals surface area contributed by atoms with Crippen molar-refractivity contribution >= 4 is 51.1 Å². The summed E-state index contributed by atoms with van der Waals surface area (Å²) in [6.45, 7) is 0. The fraction of sp³-hybridized carbons (Fsp3) is 0.176. The molecule has 0 fully saturated rings. The Morgan fingerprint density at radius 2 is 1.88 bits per heavy atom. The molecular weight excluding hydrogens is 517 g/mol. The molecule has 0 radical (unpaired) electrons. The standard InChI is InChI=1S/C17H12ClF3N2O8S2/c1-33(29,30)23(32-8-15(24)25)16(26)11-7-10(3-4-13(11)22(27)28)31-14-5-2-9(6-12(14)18)17(19,20)21/h2-7H,8H2,1H3,(H,24,25). The van der Waals surface area contributed by atoms with E-state index >= 15 is 0 Å². The number of ether oxygens (including phenoxy) is 1. The number of alkyl halides is 3. The molecule has 33 heavy (non-hydrogen) atoms. The summed E-state index contributed by atoms with van der Waals surface area (Å²) in [5.41, 5.74) is -2.65. The van der Waals surface area contributed by atoms with E-state index in [-0.39, 0.29) is 27.2 Å². The molecule has 2 rings (SSSR count). The van der Waals surface area contributed by atoms with E-state index in [0.29, 0.717) is 18.4 Å². The summed E-state index contributed by atoms with van der Waals surface area (Å²) in [7, 11) is -4.36. The smallest absolute Gasteiger partial charge is 0.416 e. The number of aliphatic carboxylic acids is 1. The first-order valence-corrected chi connectivity index (χ1v) is 11.5. The van der Waals surface area contributed by atoms with Gasteiger partial charge in [0.1, 0.15) is 22.8 Å². The summed E-state index contributed by atoms with van der Waals surface area (Å²) >= 11 is 5.89. The fourth-order valence-corrected chi connectivity index (χ4v) is 4.30. The molecule has 1 N–H and O–H groups in total. The molecule has 0 bridgehead atoms. The molecular formula is C17H12ClF3N2O8S2. The second kappa shape index (κ2) is 9.84. The highest BCUT2D eigenvalue weighted by Gasteiger charge is 2.33. The molecule has 0 aliphatic carbocycles. The molecule has 0 aliphatic rings. The number of amides is 1. The molecule has 2 aromatic rings. The van der Waals surface area contributed by atoms with Gasteiger partial charge in [0.2, 0.25) is 10.0 Å². The number of halogens is 4. The second-order valence-electron chi connectivity index (χ2n) is 6.14. The number of hydrogen-bond acceptors (Lipinski definition) is 8. The molecule has 0 saturated heterocycles. The van der Waals surface area contributed by atoms with Crippen molar-refractivity contribution in [1.29, 1.82) is 0 Å². The van der Waals surface area contributed by atoms with Crippen molar-refractivity contribution in [3.8, 4) is 11.5 Å². The lowest BCUT2D eigenvalue weighted by Gasteiger charge is -2.18. The summed E-state index contributed by atoms with van der Waals surface area (Å²) in [4.78, 5) is 33.9. The molecule has 0 atom stereocenters. The van der Waals surface area contributed by atoms with Gasteiger partial charge in [-0.2, -0.15) is 16.9 Å². The van der Waals surface area contributed by atoms with E-state index in [4.69, 9.17) is 21.4 Å². The number of carboxylic acid groups (broad SMARTS) is 1. The van der Waals surface area contributed by atoms with Gasteiger partial charge in [0, 0.05) is 12.1 Å². The van der Waals surface area contributed by atoms with Gasteiger partial charge >= 0.3 is 12.1 Å². The lowest BCUT2D eigenvalue weighted by atomic mass is 10.1. The number of carbonyl (C=O) groups is 2. The van der Waals surface area contributed by atoms with Crippen molar-refractivity contribution in [2.45, 2.75) is 6.18 Å². The maximum atomic E-state index is 12.8. The van der Waals surface area contributed by atoms with Crippen LogP contribution in [0, 0.1) is 10.1 Å². The van der Waals surface area contributed by atoms with Crippen LogP contribution in [0.5, 0.6) is 11.5 Å². The Bertz CT molecular complexity index is 1220. The van der Waals surface area contributed by atoms with Gasteiger partial charge in [0.15, 0.2) is 0 Å². The highest BCUT2D eigenvalue weighted by Crippen LogP contribution is 2.37. The molecule has 0 spiro atoms. The predicted octanol–water partition coefficient (Wildman–Crippen LogP) is 4.19. The first kappa shape index (κ1) is 26.2. The van der Waals surface area contributed by atoms with Crippen LogP contribution < -0.4 is 4.74 Å². The van der Waals surface area contributed by atoms with Gasteiger partial charge in [-0.05, 0) is 36.2 Å². The van der Waals surface area contributed by atoms with E-state index in [0.717, 1.165) is 24.3 Å². The van der Waals surface area contributed by atoms with E-state index in [1.165, 1.54) is 0 Å². The van der Waals surface area contributed by atoms with Crippen molar-refractivity contribution in [2.24, 2.45) is 0 Å². The number of rotatable bonds is 8. The zero-order valence-corrected chi connectivity index (χ0v) is 18.6. The van der Waals surface area contributed by atoms with Gasteiger partial charge in [-0.1, -0.05) is 11.6 Å². The molecule has 1 amide bonds. The zero-order chi connectivity index (χ0) is 25.1. The van der Waals surface area contributed by atoms with Crippen LogP contribution in [0.15, 0.2) is 36.4 Å². The largest absolute Gasteiger partial charge is 0.481 e. The minimum Gasteiger partial charge on any atom is -0.481 e. The van der Waals surface area contributed by atoms with Crippen LogP contribution in [-0.4, -0.2) is 46.0 Å². The lowest BCUT2D eigenvalue weighted by molar-refractivity contribution is -0.385. The first-order valence-electron chi connectivity index (χ1n) is 8.33. The molecule has 0 unspecified atom stereocenters. The van der Waals surface area contributed by atoms with Crippen molar-refractivity contribution < 1.29 is 45.9 Å². The molecule has 0 aliphatic heterocycles. The lowest BCUT2D eigenvalue weighted by Crippen LogP contribution is -2.31. The van der Waals surface area contributed by atoms with E-state index < -0.39 is 60.6 Å². The number of nitro benzene ring substituents is 1. The van der Waals surface area contributed by atoms with Gasteiger partial charge in [0.05, 0.1) is 21.8 Å². The van der Waals surface area contributed by atoms with Crippen LogP contribution in [0.1, 0.15) is 15.9 Å². The maximum Gasteiger partial charge on any atom is 0.416 e. The SMILES string of the molecule is CS(=O)(=O)N(SCC(=O)O)C(=O)c1cc(Oc2ccc(C(F)(F)F)cc2Cl)ccc1[N+](=O)[O-]. The minimum absolute atomic E-state index is 0.0678. The van der Waals surface area contributed by atoms with Crippen molar-refractivity contribution in [1.82, 2.24) is 3.71 Å². The molecule has 178 valence electrons. The Kier molecular flexibility index (Phi) is 7.82. The summed E-state index contributed by atoms with van der Waals surface area (Å²) in [5, 5.41) is 19.6. The number of sulfonamides is 1. The second-order valence-corrected chi connectivity index (χ2v) is 9.53. The van der Waals surface area contributed by atoms with E-state index in [2.05, 4.69) is 0 Å². The monoisotopic (exact) mass is 528 g/mol. The maximum absolute atomic E-state index is 12.8. The number of hydrogen-bond donors (Lipinski definition) is 1. The summed E-state index contributed by atoms with van der Waals surface area (Å²) < 4.78 is 67.6. The van der Waals surface area contributed by atoms with Crippen LogP contribution in [0.25, 0.3) is 0 Å². The number of benzene rings is 2. The van der Waals surface area contributed by atoms with Crippen molar-refractivity contribution in [3.63, 3.8) is 0 Å². The molecule has 2 aromatic carbocycles. The zero-order valence-electron chi connectivity index (χ0n) is 16.2. The normalized spacial score (nSPS) is 11.7. The Morgan fingerprint density at radius 1 is 1.24 bits per heavy atom. The third-order valence-corrected chi connectivity index (χ3v) is 6.62. The highest BCUT2D eigenvalue weighted by atomic mass is 35.5. The molecule has 0 saturated carbocycles. The van der Waals surface area contributed by atoms with Crippen LogP contribution >= 0.6 is 23.5 Å². The van der Waals surface area contributed by atoms with Gasteiger partial charge in [-0.3, -0.25) is 19.7 Å². The summed E-state index contributed by atoms with van der Waals surface area (Å²) in [6, 6.07) is 4.75. The first-order chi connectivity index (χ1) is 15.1. The summed E-state index contributed by atoms with van der Waals surface area (Å²) in [6.07, 6.45) is -4.08. The third kappa shape index (κ3) is 6.72. The fourth-order valence-electron chi connectivity index (χ4n) is 2.31. The Morgan fingerprint density at radius 3 is 2.36 bits per heavy atom. The van der Waals surface area contributed by atoms with E-state index in [9.17, 15) is 41.3 Å². The quantitative estimate of drug-likeness (QED) is 0.303. The average molecular weight is 529 g/mol. The van der Waals surface area contributed by atoms with Crippen molar-refractivity contribution in [2.75, 3.05) is 12.0 Å². The van der Waals surface area contributed by atoms with Crippen molar-refractivity contribution in [3.05, 3.63) is 62.7 Å². The minimum atomic E-state index is -4.67. The van der Waals surface area contributed by atoms with Crippen LogP contribution in [0.2, 0.25) is 5.02 Å². The molecule has 0 aromatic heterocycles. The van der Waals surface area contributed by atoms with E-state index in [1.54, 1.807) is 0 Å². The molecule has 16 heteroatoms. The molecule has 10 nitrogen and oxygen atoms in total. The number of carbonyl (C=O) groups excluding carboxylic acids is 1. The van der Waals surface area contributed by atoms with Gasteiger partial charge < -0.3 is 9.84 Å². The Hall–Kier alpha value is -3.04. The van der Waals surface area contributed by atoms with Gasteiger partial charge in [-0.25, -0.2) is 8.42 Å². The number of nitro groups is 1. The Balaban J connectivity index is 2.49. The third-order valence-electron chi connectivity index (χ3n) is 3.65. The van der Waals surface area contributed by atoms with E-state index in [1.807, 2.05) is 0 Å². The predicted molar refractivity (Wildman–Crippen MR) is 111 cm³/mol. The van der Waals surface area contributed by atoms with Gasteiger partial charge in [-0.15, -0.1) is 0 Å². The highest BCUT2D eigenvalue weighted by molar-refractivity contribution is 8.09. The topological polar surface area (TPSA) is 144 Å². The number of carboxylic acids is 1. The molecule has 0 heterocycles. The van der Waals surface area contributed by atoms with Crippen LogP contribution in [0.4, 0.5) is 18.9 Å².